The van der Waals surface area contributed by atoms with Gasteiger partial charge in [0.05, 0.1) is 34.3 Å². The second-order valence-corrected chi connectivity index (χ2v) is 10.6. The van der Waals surface area contributed by atoms with E-state index in [1.807, 2.05) is 0 Å². The molecular formula is C24H21ClN4O6S. The van der Waals surface area contributed by atoms with Crippen molar-refractivity contribution in [1.82, 2.24) is 15.0 Å². The molecule has 0 amide bonds. The number of sulfonamides is 1. The number of rotatable bonds is 5. The number of H-pyrrole nitrogens is 1. The number of benzene rings is 2. The van der Waals surface area contributed by atoms with Crippen LogP contribution in [0.5, 0.6) is 6.01 Å². The van der Waals surface area contributed by atoms with Crippen molar-refractivity contribution in [2.24, 2.45) is 5.14 Å². The van der Waals surface area contributed by atoms with E-state index in [0.29, 0.717) is 33.0 Å². The van der Waals surface area contributed by atoms with Crippen LogP contribution in [0.1, 0.15) is 0 Å². The largest absolute Gasteiger partial charge is 0.456 e. The number of hydrogen-bond acceptors (Lipinski definition) is 8. The summed E-state index contributed by atoms with van der Waals surface area (Å²) in [4.78, 5) is 12.2. The number of fused-ring (bicyclic) bond motifs is 2. The summed E-state index contributed by atoms with van der Waals surface area (Å²) in [6.07, 6.45) is -1.84. The van der Waals surface area contributed by atoms with Crippen molar-refractivity contribution in [1.29, 1.82) is 0 Å². The summed E-state index contributed by atoms with van der Waals surface area (Å²) in [5.74, 6) is 0. The molecule has 2 saturated heterocycles. The molecule has 6 rings (SSSR count). The van der Waals surface area contributed by atoms with Gasteiger partial charge in [-0.2, -0.15) is 4.98 Å². The Kier molecular flexibility index (Phi) is 5.71. The van der Waals surface area contributed by atoms with Crippen LogP contribution in [0.15, 0.2) is 59.5 Å². The number of nitrogens with two attached hydrogens (primary N) is 1. The number of aromatic nitrogens is 3. The highest BCUT2D eigenvalue weighted by molar-refractivity contribution is 7.89. The molecule has 4 N–H and O–H groups in total. The van der Waals surface area contributed by atoms with Crippen LogP contribution < -0.4 is 9.88 Å². The Labute approximate surface area is 211 Å². The maximum atomic E-state index is 12.0. The Balaban J connectivity index is 1.28. The second-order valence-electron chi connectivity index (χ2n) is 8.67. The normalized spacial score (nSPS) is 23.8. The van der Waals surface area contributed by atoms with E-state index in [4.69, 9.17) is 31.0 Å². The number of nitrogens with zero attached hydrogens (tertiary/aromatic N) is 2. The van der Waals surface area contributed by atoms with Crippen molar-refractivity contribution in [3.63, 3.8) is 0 Å². The summed E-state index contributed by atoms with van der Waals surface area (Å²) in [5.41, 5.74) is 3.44. The Morgan fingerprint density at radius 1 is 1.03 bits per heavy atom. The van der Waals surface area contributed by atoms with E-state index in [1.54, 1.807) is 48.5 Å². The standard InChI is InChI=1S/C24H21ClN4O6S/c25-15-9-16-23(29-24(27-16)35-18-11-34-21-17(30)10-33-22(18)21)28-20(15)13-7-5-12(6-8-13)14-3-1-2-4-19(14)36(26,31)32/h1-9,17-18,21-22,30H,10-11H2,(H2,26,31,32)(H,27,28,29)/t17-,18-,21-,22-/m1/s1. The number of aliphatic hydroxyl groups is 1. The van der Waals surface area contributed by atoms with Gasteiger partial charge >= 0.3 is 0 Å². The highest BCUT2D eigenvalue weighted by Crippen LogP contribution is 2.34. The van der Waals surface area contributed by atoms with Gasteiger partial charge in [-0.25, -0.2) is 18.5 Å². The minimum Gasteiger partial charge on any atom is -0.456 e. The maximum Gasteiger partial charge on any atom is 0.296 e. The van der Waals surface area contributed by atoms with Crippen LogP contribution >= 0.6 is 11.6 Å². The van der Waals surface area contributed by atoms with Crippen LogP contribution in [-0.4, -0.2) is 66.1 Å². The number of hydrogen-bond donors (Lipinski definition) is 3. The third-order valence-corrected chi connectivity index (χ3v) is 7.57. The van der Waals surface area contributed by atoms with E-state index < -0.39 is 28.3 Å². The highest BCUT2D eigenvalue weighted by atomic mass is 35.5. The number of halogens is 1. The van der Waals surface area contributed by atoms with Gasteiger partial charge in [0.1, 0.15) is 18.3 Å². The molecule has 2 aromatic heterocycles. The molecule has 0 spiro atoms. The van der Waals surface area contributed by atoms with Gasteiger partial charge in [0, 0.05) is 11.1 Å². The first-order valence-electron chi connectivity index (χ1n) is 11.1. The molecule has 12 heteroatoms. The Morgan fingerprint density at radius 3 is 2.53 bits per heavy atom. The summed E-state index contributed by atoms with van der Waals surface area (Å²) in [7, 11) is -3.87. The summed E-state index contributed by atoms with van der Waals surface area (Å²) < 4.78 is 41.1. The number of pyridine rings is 1. The van der Waals surface area contributed by atoms with Gasteiger partial charge in [-0.05, 0) is 17.7 Å². The summed E-state index contributed by atoms with van der Waals surface area (Å²) >= 11 is 6.53. The fraction of sp³-hybridized carbons (Fsp3) is 0.250. The lowest BCUT2D eigenvalue weighted by molar-refractivity contribution is 0.00706. The third kappa shape index (κ3) is 4.13. The average molecular weight is 529 g/mol. The zero-order valence-electron chi connectivity index (χ0n) is 18.7. The van der Waals surface area contributed by atoms with Gasteiger partial charge in [0.25, 0.3) is 6.01 Å². The first kappa shape index (κ1) is 23.3. The Bertz CT molecular complexity index is 1560. The van der Waals surface area contributed by atoms with E-state index in [9.17, 15) is 13.5 Å². The fourth-order valence-electron chi connectivity index (χ4n) is 4.60. The Morgan fingerprint density at radius 2 is 1.75 bits per heavy atom. The zero-order valence-corrected chi connectivity index (χ0v) is 20.2. The van der Waals surface area contributed by atoms with Gasteiger partial charge < -0.3 is 24.3 Å². The summed E-state index contributed by atoms with van der Waals surface area (Å²) in [6.45, 7) is 0.492. The van der Waals surface area contributed by atoms with E-state index in [0.717, 1.165) is 5.56 Å². The first-order valence-corrected chi connectivity index (χ1v) is 13.1. The van der Waals surface area contributed by atoms with Gasteiger partial charge in [-0.15, -0.1) is 0 Å². The lowest BCUT2D eigenvalue weighted by Gasteiger charge is -2.15. The molecule has 0 saturated carbocycles. The number of primary sulfonamides is 1. The molecule has 2 aliphatic heterocycles. The number of aromatic amines is 1. The Hall–Kier alpha value is -3.06. The van der Waals surface area contributed by atoms with Crippen LogP contribution in [-0.2, 0) is 19.5 Å². The molecule has 4 atom stereocenters. The van der Waals surface area contributed by atoms with Gasteiger partial charge in [-0.1, -0.05) is 54.1 Å². The lowest BCUT2D eigenvalue weighted by atomic mass is 10.0. The van der Waals surface area contributed by atoms with Crippen molar-refractivity contribution in [2.75, 3.05) is 13.2 Å². The highest BCUT2D eigenvalue weighted by Gasteiger charge is 2.48. The predicted molar refractivity (Wildman–Crippen MR) is 131 cm³/mol. The topological polar surface area (TPSA) is 150 Å². The molecular weight excluding hydrogens is 508 g/mol. The first-order chi connectivity index (χ1) is 17.3. The van der Waals surface area contributed by atoms with E-state index in [2.05, 4.69) is 15.0 Å². The molecule has 2 aliphatic rings. The molecule has 4 heterocycles. The van der Waals surface area contributed by atoms with Crippen molar-refractivity contribution >= 4 is 32.8 Å². The monoisotopic (exact) mass is 528 g/mol. The minimum absolute atomic E-state index is 0.0517. The number of ether oxygens (including phenoxy) is 3. The smallest absolute Gasteiger partial charge is 0.296 e. The third-order valence-electron chi connectivity index (χ3n) is 6.31. The van der Waals surface area contributed by atoms with Crippen molar-refractivity contribution in [3.8, 4) is 28.4 Å². The van der Waals surface area contributed by atoms with Crippen LogP contribution in [0.2, 0.25) is 5.02 Å². The van der Waals surface area contributed by atoms with E-state index >= 15 is 0 Å². The molecule has 0 unspecified atom stereocenters. The van der Waals surface area contributed by atoms with E-state index in [-0.39, 0.29) is 30.2 Å². The second kappa shape index (κ2) is 8.80. The number of aliphatic hydroxyl groups excluding tert-OH is 1. The molecule has 186 valence electrons. The molecule has 0 aliphatic carbocycles. The van der Waals surface area contributed by atoms with E-state index in [1.165, 1.54) is 6.07 Å². The number of nitrogens with one attached hydrogen (secondary N) is 1. The molecule has 10 nitrogen and oxygen atoms in total. The SMILES string of the molecule is NS(=O)(=O)c1ccccc1-c1ccc(-c2nc3nc(O[C@@H]4CO[C@H]5[C@@H]4OC[C@H]5O)[nH]c3cc2Cl)cc1. The number of imidazole rings is 1. The van der Waals surface area contributed by atoms with Gasteiger partial charge in [-0.3, -0.25) is 0 Å². The minimum atomic E-state index is -3.87. The van der Waals surface area contributed by atoms with Crippen LogP contribution in [0.3, 0.4) is 0 Å². The summed E-state index contributed by atoms with van der Waals surface area (Å²) in [5, 5.41) is 15.7. The molecule has 4 aromatic rings. The van der Waals surface area contributed by atoms with Crippen LogP contribution in [0.25, 0.3) is 33.5 Å². The molecule has 0 radical (unpaired) electrons. The van der Waals surface area contributed by atoms with Crippen molar-refractivity contribution in [2.45, 2.75) is 29.3 Å². The average Bonchev–Trinajstić information content (AvgIpc) is 3.55. The summed E-state index contributed by atoms with van der Waals surface area (Å²) in [6, 6.07) is 15.7. The molecule has 2 fully saturated rings. The van der Waals surface area contributed by atoms with Crippen molar-refractivity contribution < 1.29 is 27.7 Å². The van der Waals surface area contributed by atoms with Gasteiger partial charge in [0.15, 0.2) is 11.8 Å². The zero-order chi connectivity index (χ0) is 25.0. The fourth-order valence-corrected chi connectivity index (χ4v) is 5.62. The molecule has 36 heavy (non-hydrogen) atoms. The van der Waals surface area contributed by atoms with Crippen molar-refractivity contribution in [3.05, 3.63) is 59.6 Å². The lowest BCUT2D eigenvalue weighted by Crippen LogP contribution is -2.34. The van der Waals surface area contributed by atoms with Gasteiger partial charge in [0.2, 0.25) is 10.0 Å². The molecule has 0 bridgehead atoms. The van der Waals surface area contributed by atoms with Crippen LogP contribution in [0, 0.1) is 0 Å². The van der Waals surface area contributed by atoms with Crippen LogP contribution in [0.4, 0.5) is 0 Å². The quantitative estimate of drug-likeness (QED) is 0.357. The predicted octanol–water partition coefficient (Wildman–Crippen LogP) is 2.50. The molecule has 2 aromatic carbocycles. The maximum absolute atomic E-state index is 12.0.